The molecule has 1 spiro atoms. The van der Waals surface area contributed by atoms with Gasteiger partial charge in [-0.2, -0.15) is 0 Å². The van der Waals surface area contributed by atoms with Gasteiger partial charge in [0.1, 0.15) is 17.7 Å². The maximum Gasteiger partial charge on any atom is 0.410 e. The molecule has 2 aliphatic heterocycles. The van der Waals surface area contributed by atoms with E-state index in [0.29, 0.717) is 25.4 Å². The van der Waals surface area contributed by atoms with E-state index in [1.807, 2.05) is 0 Å². The van der Waals surface area contributed by atoms with Crippen LogP contribution in [0.3, 0.4) is 0 Å². The monoisotopic (exact) mass is 372 g/mol. The predicted octanol–water partition coefficient (Wildman–Crippen LogP) is 0.484. The predicted molar refractivity (Wildman–Crippen MR) is 92.3 cm³/mol. The summed E-state index contributed by atoms with van der Waals surface area (Å²) in [5.41, 5.74) is 0.205. The van der Waals surface area contributed by atoms with Crippen LogP contribution in [0.25, 0.3) is 5.69 Å². The number of hydrogen-bond donors (Lipinski definition) is 0. The lowest BCUT2D eigenvalue weighted by atomic mass is 9.93. The molecule has 0 N–H and O–H groups in total. The van der Waals surface area contributed by atoms with E-state index in [1.54, 1.807) is 41.1 Å². The highest BCUT2D eigenvalue weighted by Gasteiger charge is 2.47. The van der Waals surface area contributed by atoms with Gasteiger partial charge in [0.25, 0.3) is 5.91 Å². The lowest BCUT2D eigenvalue weighted by molar-refractivity contribution is -0.139. The molecule has 2 saturated heterocycles. The van der Waals surface area contributed by atoms with Crippen molar-refractivity contribution in [1.82, 2.24) is 30.0 Å². The number of rotatable bonds is 4. The van der Waals surface area contributed by atoms with Crippen LogP contribution in [0.1, 0.15) is 12.8 Å². The topological polar surface area (TPSA) is 103 Å². The number of ether oxygens (including phenoxy) is 2. The summed E-state index contributed by atoms with van der Waals surface area (Å²) in [4.78, 5) is 27.5. The van der Waals surface area contributed by atoms with Gasteiger partial charge in [-0.1, -0.05) is 0 Å². The Labute approximate surface area is 155 Å². The number of likely N-dealkylation sites (tertiary alicyclic amines) is 1. The summed E-state index contributed by atoms with van der Waals surface area (Å²) < 4.78 is 12.7. The van der Waals surface area contributed by atoms with Gasteiger partial charge >= 0.3 is 6.09 Å². The standard InChI is InChI=1S/C17H20N6O4/c1-21-10-17(27-16(21)25)7-2-8-22(11-17)15(24)9-26-14-5-3-13(4-6-14)23-12-18-19-20-23/h3-6,12H,2,7-11H2,1H3/t17-/m0/s1. The number of nitrogens with zero attached hydrogens (tertiary/aromatic N) is 6. The molecule has 0 aliphatic carbocycles. The van der Waals surface area contributed by atoms with Crippen molar-refractivity contribution in [1.29, 1.82) is 0 Å². The molecule has 1 aromatic heterocycles. The van der Waals surface area contributed by atoms with Crippen molar-refractivity contribution >= 4 is 12.0 Å². The van der Waals surface area contributed by atoms with Crippen LogP contribution in [0.15, 0.2) is 30.6 Å². The van der Waals surface area contributed by atoms with E-state index in [2.05, 4.69) is 15.5 Å². The number of tetrazole rings is 1. The molecule has 0 saturated carbocycles. The van der Waals surface area contributed by atoms with Crippen molar-refractivity contribution in [3.8, 4) is 11.4 Å². The van der Waals surface area contributed by atoms with Crippen LogP contribution in [-0.4, -0.2) is 80.9 Å². The number of carbonyl (C=O) groups excluding carboxylic acids is 2. The Hall–Kier alpha value is -3.17. The highest BCUT2D eigenvalue weighted by Crippen LogP contribution is 2.31. The zero-order valence-corrected chi connectivity index (χ0v) is 14.9. The van der Waals surface area contributed by atoms with Crippen LogP contribution in [0, 0.1) is 0 Å². The number of likely N-dealkylation sites (N-methyl/N-ethyl adjacent to an activating group) is 1. The van der Waals surface area contributed by atoms with Crippen molar-refractivity contribution in [2.75, 3.05) is 33.3 Å². The van der Waals surface area contributed by atoms with E-state index < -0.39 is 5.60 Å². The highest BCUT2D eigenvalue weighted by molar-refractivity contribution is 5.78. The smallest absolute Gasteiger partial charge is 0.410 e. The Balaban J connectivity index is 1.33. The van der Waals surface area contributed by atoms with Crippen molar-refractivity contribution in [3.63, 3.8) is 0 Å². The lowest BCUT2D eigenvalue weighted by Gasteiger charge is -2.38. The third-order valence-electron chi connectivity index (χ3n) is 4.85. The van der Waals surface area contributed by atoms with Crippen molar-refractivity contribution in [2.24, 2.45) is 0 Å². The molecule has 2 fully saturated rings. The molecule has 1 aromatic carbocycles. The van der Waals surface area contributed by atoms with E-state index in [1.165, 1.54) is 11.0 Å². The first kappa shape index (κ1) is 17.3. The third kappa shape index (κ3) is 3.55. The minimum Gasteiger partial charge on any atom is -0.484 e. The molecule has 3 heterocycles. The van der Waals surface area contributed by atoms with Crippen LogP contribution in [0.5, 0.6) is 5.75 Å². The molecular weight excluding hydrogens is 352 g/mol. The van der Waals surface area contributed by atoms with E-state index in [9.17, 15) is 9.59 Å². The van der Waals surface area contributed by atoms with E-state index in [4.69, 9.17) is 9.47 Å². The second-order valence-corrected chi connectivity index (χ2v) is 6.86. The molecule has 142 valence electrons. The maximum atomic E-state index is 12.5. The van der Waals surface area contributed by atoms with Crippen molar-refractivity contribution < 1.29 is 19.1 Å². The summed E-state index contributed by atoms with van der Waals surface area (Å²) in [6.07, 6.45) is 2.74. The summed E-state index contributed by atoms with van der Waals surface area (Å²) >= 11 is 0. The number of piperidine rings is 1. The molecule has 0 unspecified atom stereocenters. The van der Waals surface area contributed by atoms with E-state index >= 15 is 0 Å². The quantitative estimate of drug-likeness (QED) is 0.769. The van der Waals surface area contributed by atoms with Crippen LogP contribution >= 0.6 is 0 Å². The molecule has 2 aliphatic rings. The second kappa shape index (κ2) is 6.86. The van der Waals surface area contributed by atoms with Crippen molar-refractivity contribution in [2.45, 2.75) is 18.4 Å². The van der Waals surface area contributed by atoms with E-state index in [0.717, 1.165) is 18.5 Å². The Morgan fingerprint density at radius 2 is 2.11 bits per heavy atom. The number of amides is 2. The van der Waals surface area contributed by atoms with Gasteiger partial charge in [0.05, 0.1) is 18.8 Å². The molecule has 27 heavy (non-hydrogen) atoms. The van der Waals surface area contributed by atoms with Gasteiger partial charge < -0.3 is 19.3 Å². The largest absolute Gasteiger partial charge is 0.484 e. The summed E-state index contributed by atoms with van der Waals surface area (Å²) in [5.74, 6) is 0.461. The fourth-order valence-electron chi connectivity index (χ4n) is 3.53. The number of hydrogen-bond acceptors (Lipinski definition) is 7. The molecule has 2 amide bonds. The zero-order chi connectivity index (χ0) is 18.9. The van der Waals surface area contributed by atoms with Gasteiger partial charge in [-0.15, -0.1) is 5.10 Å². The number of benzene rings is 1. The minimum atomic E-state index is -0.590. The first-order valence-corrected chi connectivity index (χ1v) is 8.73. The van der Waals surface area contributed by atoms with Gasteiger partial charge in [-0.05, 0) is 47.5 Å². The Morgan fingerprint density at radius 3 is 2.78 bits per heavy atom. The van der Waals surface area contributed by atoms with Gasteiger partial charge in [0, 0.05) is 13.6 Å². The molecule has 0 radical (unpaired) electrons. The summed E-state index contributed by atoms with van der Waals surface area (Å²) in [6, 6.07) is 7.13. The highest BCUT2D eigenvalue weighted by atomic mass is 16.6. The third-order valence-corrected chi connectivity index (χ3v) is 4.85. The van der Waals surface area contributed by atoms with Gasteiger partial charge in [0.2, 0.25) is 0 Å². The minimum absolute atomic E-state index is 0.0654. The molecular formula is C17H20N6O4. The van der Waals surface area contributed by atoms with Crippen molar-refractivity contribution in [3.05, 3.63) is 30.6 Å². The molecule has 0 bridgehead atoms. The first-order valence-electron chi connectivity index (χ1n) is 8.73. The normalized spacial score (nSPS) is 22.2. The lowest BCUT2D eigenvalue weighted by Crippen LogP contribution is -2.53. The summed E-state index contributed by atoms with van der Waals surface area (Å²) in [7, 11) is 1.71. The maximum absolute atomic E-state index is 12.5. The SMILES string of the molecule is CN1C[C@]2(CCCN(C(=O)COc3ccc(-n4cnnn4)cc3)C2)OC1=O. The van der Waals surface area contributed by atoms with Gasteiger partial charge in [-0.25, -0.2) is 9.48 Å². The Kier molecular flexibility index (Phi) is 4.38. The average molecular weight is 372 g/mol. The zero-order valence-electron chi connectivity index (χ0n) is 14.9. The van der Waals surface area contributed by atoms with E-state index in [-0.39, 0.29) is 18.6 Å². The Morgan fingerprint density at radius 1 is 1.30 bits per heavy atom. The molecule has 2 aromatic rings. The molecule has 10 heteroatoms. The summed E-state index contributed by atoms with van der Waals surface area (Å²) in [5, 5.41) is 11.0. The fraction of sp³-hybridized carbons (Fsp3) is 0.471. The molecule has 10 nitrogen and oxygen atoms in total. The van der Waals surface area contributed by atoms with Crippen LogP contribution in [0.2, 0.25) is 0 Å². The molecule has 1 atom stereocenters. The Bertz CT molecular complexity index is 824. The van der Waals surface area contributed by atoms with Gasteiger partial charge in [0.15, 0.2) is 6.61 Å². The number of aromatic nitrogens is 4. The average Bonchev–Trinajstić information content (AvgIpc) is 3.29. The van der Waals surface area contributed by atoms with Crippen LogP contribution in [0.4, 0.5) is 4.79 Å². The number of carbonyl (C=O) groups is 2. The van der Waals surface area contributed by atoms with Crippen LogP contribution in [-0.2, 0) is 9.53 Å². The van der Waals surface area contributed by atoms with Crippen LogP contribution < -0.4 is 4.74 Å². The van der Waals surface area contributed by atoms with Gasteiger partial charge in [-0.3, -0.25) is 4.79 Å². The summed E-state index contributed by atoms with van der Waals surface area (Å²) in [6.45, 7) is 1.49. The first-order chi connectivity index (χ1) is 13.0. The second-order valence-electron chi connectivity index (χ2n) is 6.86. The molecule has 4 rings (SSSR count). The fourth-order valence-corrected chi connectivity index (χ4v) is 3.53.